The summed E-state index contributed by atoms with van der Waals surface area (Å²) < 4.78 is 5.13. The Labute approximate surface area is 198 Å². The molecule has 1 aromatic heterocycles. The minimum atomic E-state index is -0.289. The lowest BCUT2D eigenvalue weighted by atomic mass is 9.97. The van der Waals surface area contributed by atoms with E-state index in [4.69, 9.17) is 9.72 Å². The maximum absolute atomic E-state index is 13.1. The molecule has 2 aromatic carbocycles. The average molecular weight is 464 g/mol. The van der Waals surface area contributed by atoms with E-state index in [1.807, 2.05) is 67.3 Å². The van der Waals surface area contributed by atoms with Gasteiger partial charge in [-0.05, 0) is 26.7 Å². The summed E-state index contributed by atoms with van der Waals surface area (Å²) in [5.41, 5.74) is 3.90. The summed E-state index contributed by atoms with van der Waals surface area (Å²) in [5.74, 6) is -0.186. The Balaban J connectivity index is 1.47. The van der Waals surface area contributed by atoms with Crippen molar-refractivity contribution in [3.63, 3.8) is 0 Å². The van der Waals surface area contributed by atoms with Gasteiger partial charge in [-0.1, -0.05) is 72.4 Å². The first-order valence-electron chi connectivity index (χ1n) is 11.4. The number of aromatic nitrogens is 2. The van der Waals surface area contributed by atoms with Crippen molar-refractivity contribution in [2.24, 2.45) is 5.92 Å². The first kappa shape index (κ1) is 23.1. The van der Waals surface area contributed by atoms with Crippen LogP contribution < -0.4 is 0 Å². The Morgan fingerprint density at radius 2 is 1.67 bits per heavy atom. The number of aromatic amines is 1. The smallest absolute Gasteiger partial charge is 0.309 e. The molecular formula is C26H29N3O3S. The van der Waals surface area contributed by atoms with Crippen LogP contribution in [0.15, 0.2) is 65.8 Å². The molecule has 1 aliphatic heterocycles. The largest absolute Gasteiger partial charge is 0.466 e. The number of ether oxygens (including phenoxy) is 1. The van der Waals surface area contributed by atoms with E-state index in [1.165, 1.54) is 11.8 Å². The second-order valence-corrected chi connectivity index (χ2v) is 9.44. The number of hydrogen-bond acceptors (Lipinski definition) is 5. The molecule has 172 valence electrons. The Morgan fingerprint density at radius 3 is 2.27 bits per heavy atom. The zero-order valence-electron chi connectivity index (χ0n) is 19.0. The van der Waals surface area contributed by atoms with Crippen LogP contribution in [0.1, 0.15) is 26.7 Å². The van der Waals surface area contributed by atoms with Gasteiger partial charge in [0.1, 0.15) is 0 Å². The van der Waals surface area contributed by atoms with Crippen LogP contribution >= 0.6 is 11.8 Å². The molecule has 1 fully saturated rings. The van der Waals surface area contributed by atoms with Gasteiger partial charge in [-0.3, -0.25) is 9.59 Å². The van der Waals surface area contributed by atoms with Crippen molar-refractivity contribution in [2.75, 3.05) is 19.7 Å². The molecule has 1 unspecified atom stereocenters. The molecule has 1 N–H and O–H groups in total. The summed E-state index contributed by atoms with van der Waals surface area (Å²) in [6, 6.07) is 20.2. The molecule has 1 saturated heterocycles. The highest BCUT2D eigenvalue weighted by molar-refractivity contribution is 8.00. The van der Waals surface area contributed by atoms with E-state index in [9.17, 15) is 9.59 Å². The molecule has 3 aromatic rings. The molecule has 7 heteroatoms. The fraction of sp³-hybridized carbons (Fsp3) is 0.346. The fourth-order valence-electron chi connectivity index (χ4n) is 4.10. The third-order valence-electron chi connectivity index (χ3n) is 5.85. The number of nitrogens with one attached hydrogen (secondary N) is 1. The number of thioether (sulfide) groups is 1. The number of nitrogens with zero attached hydrogens (tertiary/aromatic N) is 2. The minimum Gasteiger partial charge on any atom is -0.466 e. The molecule has 0 aliphatic carbocycles. The molecule has 1 amide bonds. The van der Waals surface area contributed by atoms with Gasteiger partial charge in [0, 0.05) is 24.2 Å². The fourth-order valence-corrected chi connectivity index (χ4v) is 4.99. The number of piperidine rings is 1. The quantitative estimate of drug-likeness (QED) is 0.393. The lowest BCUT2D eigenvalue weighted by Crippen LogP contribution is -2.43. The van der Waals surface area contributed by atoms with Crippen LogP contribution in [0.3, 0.4) is 0 Å². The second-order valence-electron chi connectivity index (χ2n) is 8.11. The molecule has 0 radical (unpaired) electrons. The van der Waals surface area contributed by atoms with Crippen molar-refractivity contribution in [3.8, 4) is 22.5 Å². The SMILES string of the molecule is CCOC(=O)C1CCN(C(=O)C(C)Sc2nc(-c3ccccc3)c(-c3ccccc3)[nH]2)CC1. The maximum atomic E-state index is 13.1. The first-order chi connectivity index (χ1) is 16.1. The van der Waals surface area contributed by atoms with E-state index in [1.54, 1.807) is 0 Å². The van der Waals surface area contributed by atoms with Crippen molar-refractivity contribution in [1.82, 2.24) is 14.9 Å². The van der Waals surface area contributed by atoms with E-state index in [0.29, 0.717) is 32.5 Å². The molecule has 0 saturated carbocycles. The number of hydrogen-bond donors (Lipinski definition) is 1. The number of imidazole rings is 1. The molecule has 1 aliphatic rings. The highest BCUT2D eigenvalue weighted by Crippen LogP contribution is 2.34. The Kier molecular flexibility index (Phi) is 7.50. The van der Waals surface area contributed by atoms with Gasteiger partial charge >= 0.3 is 5.97 Å². The third kappa shape index (κ3) is 5.47. The number of benzene rings is 2. The van der Waals surface area contributed by atoms with Crippen LogP contribution in [-0.2, 0) is 14.3 Å². The number of H-pyrrole nitrogens is 1. The van der Waals surface area contributed by atoms with Crippen LogP contribution in [0.25, 0.3) is 22.5 Å². The molecule has 33 heavy (non-hydrogen) atoms. The summed E-state index contributed by atoms with van der Waals surface area (Å²) in [6.45, 7) is 5.28. The van der Waals surface area contributed by atoms with E-state index in [0.717, 1.165) is 27.7 Å². The summed E-state index contributed by atoms with van der Waals surface area (Å²) in [7, 11) is 0. The van der Waals surface area contributed by atoms with E-state index in [-0.39, 0.29) is 23.0 Å². The first-order valence-corrected chi connectivity index (χ1v) is 12.3. The maximum Gasteiger partial charge on any atom is 0.309 e. The Bertz CT molecular complexity index is 1020. The van der Waals surface area contributed by atoms with Crippen molar-refractivity contribution >= 4 is 23.6 Å². The van der Waals surface area contributed by atoms with Gasteiger partial charge in [0.25, 0.3) is 0 Å². The highest BCUT2D eigenvalue weighted by atomic mass is 32.2. The molecule has 1 atom stereocenters. The number of rotatable bonds is 7. The lowest BCUT2D eigenvalue weighted by Gasteiger charge is -2.32. The zero-order valence-corrected chi connectivity index (χ0v) is 19.8. The third-order valence-corrected chi connectivity index (χ3v) is 6.83. The predicted octanol–water partition coefficient (Wildman–Crippen LogP) is 5.03. The zero-order chi connectivity index (χ0) is 23.2. The van der Waals surface area contributed by atoms with E-state index >= 15 is 0 Å². The molecule has 2 heterocycles. The van der Waals surface area contributed by atoms with E-state index < -0.39 is 0 Å². The second kappa shape index (κ2) is 10.7. The summed E-state index contributed by atoms with van der Waals surface area (Å²) in [5, 5.41) is 0.428. The number of amides is 1. The van der Waals surface area contributed by atoms with Crippen LogP contribution in [0.2, 0.25) is 0 Å². The summed E-state index contributed by atoms with van der Waals surface area (Å²) >= 11 is 1.44. The van der Waals surface area contributed by atoms with Gasteiger partial charge in [-0.25, -0.2) is 4.98 Å². The Morgan fingerprint density at radius 1 is 1.06 bits per heavy atom. The van der Waals surface area contributed by atoms with Gasteiger partial charge in [-0.15, -0.1) is 0 Å². The van der Waals surface area contributed by atoms with Crippen LogP contribution in [0.4, 0.5) is 0 Å². The minimum absolute atomic E-state index is 0.0706. The average Bonchev–Trinajstić information content (AvgIpc) is 3.28. The predicted molar refractivity (Wildman–Crippen MR) is 131 cm³/mol. The van der Waals surface area contributed by atoms with Crippen LogP contribution in [0, 0.1) is 5.92 Å². The molecule has 0 bridgehead atoms. The molecule has 6 nitrogen and oxygen atoms in total. The highest BCUT2D eigenvalue weighted by Gasteiger charge is 2.31. The van der Waals surface area contributed by atoms with Gasteiger partial charge in [-0.2, -0.15) is 0 Å². The van der Waals surface area contributed by atoms with Crippen LogP contribution in [-0.4, -0.2) is 51.7 Å². The van der Waals surface area contributed by atoms with Gasteiger partial charge in [0.15, 0.2) is 5.16 Å². The summed E-state index contributed by atoms with van der Waals surface area (Å²) in [6.07, 6.45) is 1.30. The van der Waals surface area contributed by atoms with E-state index in [2.05, 4.69) is 17.1 Å². The van der Waals surface area contributed by atoms with Crippen LogP contribution in [0.5, 0.6) is 0 Å². The number of likely N-dealkylation sites (tertiary alicyclic amines) is 1. The van der Waals surface area contributed by atoms with Gasteiger partial charge in [0.05, 0.1) is 29.2 Å². The molecule has 4 rings (SSSR count). The van der Waals surface area contributed by atoms with Gasteiger partial charge < -0.3 is 14.6 Å². The standard InChI is InChI=1S/C26H29N3O3S/c1-3-32-25(31)21-14-16-29(17-15-21)24(30)18(2)33-26-27-22(19-10-6-4-7-11-19)23(28-26)20-12-8-5-9-13-20/h4-13,18,21H,3,14-17H2,1-2H3,(H,27,28). The number of carbonyl (C=O) groups is 2. The summed E-state index contributed by atoms with van der Waals surface area (Å²) in [4.78, 5) is 35.2. The normalized spacial score (nSPS) is 15.3. The lowest BCUT2D eigenvalue weighted by molar-refractivity contribution is -0.151. The van der Waals surface area contributed by atoms with Crippen molar-refractivity contribution in [2.45, 2.75) is 37.1 Å². The monoisotopic (exact) mass is 463 g/mol. The van der Waals surface area contributed by atoms with Crippen molar-refractivity contribution in [3.05, 3.63) is 60.7 Å². The number of carbonyl (C=O) groups excluding carboxylic acids is 2. The topological polar surface area (TPSA) is 75.3 Å². The van der Waals surface area contributed by atoms with Crippen molar-refractivity contribution in [1.29, 1.82) is 0 Å². The van der Waals surface area contributed by atoms with Gasteiger partial charge in [0.2, 0.25) is 5.91 Å². The number of esters is 1. The molecular weight excluding hydrogens is 434 g/mol. The Hall–Kier alpha value is -3.06. The molecule has 0 spiro atoms. The van der Waals surface area contributed by atoms with Crippen molar-refractivity contribution < 1.29 is 14.3 Å².